The third kappa shape index (κ3) is 9.36. The van der Waals surface area contributed by atoms with Crippen LogP contribution in [0.25, 0.3) is 0 Å². The lowest BCUT2D eigenvalue weighted by Gasteiger charge is -2.02. The van der Waals surface area contributed by atoms with Crippen molar-refractivity contribution in [1.29, 1.82) is 0 Å². The minimum Gasteiger partial charge on any atom is -0.423 e. The molecule has 7 nitrogen and oxygen atoms in total. The maximum Gasteiger partial charge on any atom is 0.490 e. The van der Waals surface area contributed by atoms with Gasteiger partial charge >= 0.3 is 21.4 Å². The fourth-order valence-electron chi connectivity index (χ4n) is 2.48. The number of rotatable bonds is 3. The summed E-state index contributed by atoms with van der Waals surface area (Å²) in [6.45, 7) is 9.71. The summed E-state index contributed by atoms with van der Waals surface area (Å²) >= 11 is 0. The van der Waals surface area contributed by atoms with Gasteiger partial charge in [0.05, 0.1) is 0 Å². The highest BCUT2D eigenvalue weighted by molar-refractivity contribution is 6.59. The SMILES string of the molecule is Cc1ccc(B(O)O)cc1C.Cc1ccc(B(O)O)cc1C.Cc1ccc(B(O)O)cn1. The van der Waals surface area contributed by atoms with Crippen LogP contribution in [0.15, 0.2) is 54.7 Å². The first-order valence-electron chi connectivity index (χ1n) is 10.1. The van der Waals surface area contributed by atoms with Crippen LogP contribution in [0.4, 0.5) is 0 Å². The number of aromatic nitrogens is 1. The van der Waals surface area contributed by atoms with Crippen molar-refractivity contribution in [3.8, 4) is 0 Å². The van der Waals surface area contributed by atoms with Crippen LogP contribution in [-0.4, -0.2) is 56.5 Å². The molecule has 0 amide bonds. The zero-order valence-corrected chi connectivity index (χ0v) is 19.1. The van der Waals surface area contributed by atoms with Gasteiger partial charge in [-0.05, 0) is 73.9 Å². The molecule has 3 aromatic rings. The molecule has 2 aromatic carbocycles. The van der Waals surface area contributed by atoms with Gasteiger partial charge in [-0.3, -0.25) is 4.98 Å². The Morgan fingerprint density at radius 1 is 0.500 bits per heavy atom. The lowest BCUT2D eigenvalue weighted by Crippen LogP contribution is -2.29. The van der Waals surface area contributed by atoms with Crippen molar-refractivity contribution in [2.75, 3.05) is 0 Å². The topological polar surface area (TPSA) is 134 Å². The molecule has 10 heteroatoms. The Labute approximate surface area is 190 Å². The van der Waals surface area contributed by atoms with Crippen molar-refractivity contribution in [3.05, 3.63) is 82.7 Å². The molecule has 0 saturated heterocycles. The molecule has 0 unspecified atom stereocenters. The van der Waals surface area contributed by atoms with Crippen LogP contribution in [0.5, 0.6) is 0 Å². The van der Waals surface area contributed by atoms with Gasteiger partial charge in [-0.25, -0.2) is 0 Å². The number of benzene rings is 2. The zero-order valence-electron chi connectivity index (χ0n) is 19.1. The predicted octanol–water partition coefficient (Wildman–Crippen LogP) is -0.964. The van der Waals surface area contributed by atoms with E-state index in [-0.39, 0.29) is 0 Å². The van der Waals surface area contributed by atoms with Gasteiger partial charge in [0.1, 0.15) is 0 Å². The van der Waals surface area contributed by atoms with E-state index in [1.807, 2.05) is 46.8 Å². The van der Waals surface area contributed by atoms with E-state index in [2.05, 4.69) is 4.98 Å². The van der Waals surface area contributed by atoms with Crippen molar-refractivity contribution in [2.45, 2.75) is 34.6 Å². The van der Waals surface area contributed by atoms with Crippen LogP contribution in [0, 0.1) is 34.6 Å². The van der Waals surface area contributed by atoms with Crippen molar-refractivity contribution in [3.63, 3.8) is 0 Å². The maximum atomic E-state index is 8.79. The van der Waals surface area contributed by atoms with Gasteiger partial charge in [0.2, 0.25) is 0 Å². The molecule has 1 heterocycles. The third-order valence-electron chi connectivity index (χ3n) is 4.89. The Kier molecular flexibility index (Phi) is 11.4. The highest BCUT2D eigenvalue weighted by Gasteiger charge is 2.11. The van der Waals surface area contributed by atoms with Gasteiger partial charge < -0.3 is 30.1 Å². The summed E-state index contributed by atoms with van der Waals surface area (Å²) in [4.78, 5) is 3.88. The molecule has 0 aliphatic rings. The number of aryl methyl sites for hydroxylation is 5. The largest absolute Gasteiger partial charge is 0.490 e. The van der Waals surface area contributed by atoms with Crippen molar-refractivity contribution < 1.29 is 30.1 Å². The second-order valence-electron chi connectivity index (χ2n) is 7.54. The Hall–Kier alpha value is -2.46. The van der Waals surface area contributed by atoms with E-state index in [0.29, 0.717) is 16.4 Å². The van der Waals surface area contributed by atoms with E-state index in [0.717, 1.165) is 27.9 Å². The smallest absolute Gasteiger partial charge is 0.423 e. The molecule has 0 bridgehead atoms. The first-order valence-corrected chi connectivity index (χ1v) is 10.1. The van der Waals surface area contributed by atoms with E-state index in [1.165, 1.54) is 6.20 Å². The molecule has 32 heavy (non-hydrogen) atoms. The Morgan fingerprint density at radius 3 is 1.16 bits per heavy atom. The van der Waals surface area contributed by atoms with Crippen LogP contribution >= 0.6 is 0 Å². The third-order valence-corrected chi connectivity index (χ3v) is 4.89. The van der Waals surface area contributed by atoms with Crippen molar-refractivity contribution in [2.24, 2.45) is 0 Å². The standard InChI is InChI=1S/2C8H11BO2.C6H8BNO2/c2*1-6-3-4-8(9(10)11)5-7(6)2;1-5-2-3-6(4-8-5)7(9)10/h2*3-5,10-11H,1-2H3;2-4,9-10H,1H3. The van der Waals surface area contributed by atoms with E-state index in [9.17, 15) is 0 Å². The summed E-state index contributed by atoms with van der Waals surface area (Å²) in [6.07, 6.45) is 1.44. The Bertz CT molecular complexity index is 926. The van der Waals surface area contributed by atoms with Gasteiger partial charge in [-0.15, -0.1) is 0 Å². The molecule has 0 atom stereocenters. The summed E-state index contributed by atoms with van der Waals surface area (Å²) in [5.41, 5.74) is 6.87. The number of hydrogen-bond acceptors (Lipinski definition) is 7. The van der Waals surface area contributed by atoms with Crippen LogP contribution in [0.2, 0.25) is 0 Å². The molecule has 168 valence electrons. The molecule has 0 fully saturated rings. The second-order valence-corrected chi connectivity index (χ2v) is 7.54. The van der Waals surface area contributed by atoms with Crippen LogP contribution in [0.3, 0.4) is 0 Å². The number of nitrogens with zero attached hydrogens (tertiary/aromatic N) is 1. The van der Waals surface area contributed by atoms with Gasteiger partial charge in [0.25, 0.3) is 0 Å². The summed E-state index contributed by atoms with van der Waals surface area (Å²) < 4.78 is 0. The lowest BCUT2D eigenvalue weighted by atomic mass is 9.79. The van der Waals surface area contributed by atoms with Gasteiger partial charge in [-0.1, -0.05) is 42.5 Å². The minimum atomic E-state index is -1.41. The maximum absolute atomic E-state index is 8.79. The molecular weight excluding hydrogens is 407 g/mol. The average Bonchev–Trinajstić information content (AvgIpc) is 2.73. The van der Waals surface area contributed by atoms with Gasteiger partial charge in [0.15, 0.2) is 0 Å². The highest BCUT2D eigenvalue weighted by Crippen LogP contribution is 2.03. The zero-order chi connectivity index (χ0) is 24.4. The second kappa shape index (κ2) is 13.2. The molecule has 0 spiro atoms. The van der Waals surface area contributed by atoms with Crippen LogP contribution < -0.4 is 16.4 Å². The molecule has 0 aliphatic carbocycles. The number of hydrogen-bond donors (Lipinski definition) is 6. The van der Waals surface area contributed by atoms with E-state index < -0.39 is 21.4 Å². The first-order chi connectivity index (χ1) is 14.9. The summed E-state index contributed by atoms with van der Waals surface area (Å²) in [7, 11) is -4.11. The van der Waals surface area contributed by atoms with Gasteiger partial charge in [0, 0.05) is 17.4 Å². The molecule has 0 radical (unpaired) electrons. The van der Waals surface area contributed by atoms with E-state index in [4.69, 9.17) is 30.1 Å². The first kappa shape index (κ1) is 27.6. The molecule has 6 N–H and O–H groups in total. The van der Waals surface area contributed by atoms with E-state index in [1.54, 1.807) is 36.4 Å². The van der Waals surface area contributed by atoms with Crippen molar-refractivity contribution >= 4 is 37.7 Å². The Morgan fingerprint density at radius 2 is 0.875 bits per heavy atom. The fourth-order valence-corrected chi connectivity index (χ4v) is 2.48. The minimum absolute atomic E-state index is 0.422. The predicted molar refractivity (Wildman–Crippen MR) is 130 cm³/mol. The molecule has 0 aliphatic heterocycles. The molecule has 1 aromatic heterocycles. The fraction of sp³-hybridized carbons (Fsp3) is 0.227. The molecular formula is C22H30B3NO6. The molecule has 0 saturated carbocycles. The van der Waals surface area contributed by atoms with Gasteiger partial charge in [-0.2, -0.15) is 0 Å². The summed E-state index contributed by atoms with van der Waals surface area (Å²) in [5, 5.41) is 52.4. The van der Waals surface area contributed by atoms with Crippen molar-refractivity contribution in [1.82, 2.24) is 4.98 Å². The Balaban J connectivity index is 0.000000240. The van der Waals surface area contributed by atoms with Crippen LogP contribution in [0.1, 0.15) is 27.9 Å². The summed E-state index contributed by atoms with van der Waals surface area (Å²) in [6, 6.07) is 14.1. The highest BCUT2D eigenvalue weighted by atomic mass is 16.4. The lowest BCUT2D eigenvalue weighted by molar-refractivity contribution is 0.424. The normalized spacial score (nSPS) is 9.72. The quantitative estimate of drug-likeness (QED) is 0.291. The number of pyridine rings is 1. The molecule has 3 rings (SSSR count). The average molecular weight is 437 g/mol. The monoisotopic (exact) mass is 437 g/mol. The van der Waals surface area contributed by atoms with E-state index >= 15 is 0 Å². The van der Waals surface area contributed by atoms with Crippen LogP contribution in [-0.2, 0) is 0 Å². The summed E-state index contributed by atoms with van der Waals surface area (Å²) in [5.74, 6) is 0.